The van der Waals surface area contributed by atoms with E-state index < -0.39 is 16.7 Å². The fourth-order valence-electron chi connectivity index (χ4n) is 3.36. The summed E-state index contributed by atoms with van der Waals surface area (Å²) in [4.78, 5) is 37.8. The van der Waals surface area contributed by atoms with Gasteiger partial charge in [0, 0.05) is 36.1 Å². The fourth-order valence-corrected chi connectivity index (χ4v) is 3.36. The molecule has 164 valence electrons. The van der Waals surface area contributed by atoms with Gasteiger partial charge < -0.3 is 24.7 Å². The molecule has 0 bridgehead atoms. The van der Waals surface area contributed by atoms with Crippen LogP contribution in [0.25, 0.3) is 0 Å². The molecule has 2 N–H and O–H groups in total. The molecule has 32 heavy (non-hydrogen) atoms. The van der Waals surface area contributed by atoms with Crippen LogP contribution < -0.4 is 15.5 Å². The zero-order valence-electron chi connectivity index (χ0n) is 16.9. The summed E-state index contributed by atoms with van der Waals surface area (Å²) in [7, 11) is 0. The highest BCUT2D eigenvalue weighted by molar-refractivity contribution is 6.06. The number of amides is 2. The summed E-state index contributed by atoms with van der Waals surface area (Å²) in [5, 5.41) is 17.0. The quantitative estimate of drug-likeness (QED) is 0.447. The molecular formula is C22H20N4O6. The molecule has 2 amide bonds. The van der Waals surface area contributed by atoms with Gasteiger partial charge in [-0.2, -0.15) is 0 Å². The van der Waals surface area contributed by atoms with Gasteiger partial charge in [0.2, 0.25) is 0 Å². The van der Waals surface area contributed by atoms with E-state index in [0.29, 0.717) is 43.4 Å². The van der Waals surface area contributed by atoms with E-state index in [9.17, 15) is 19.7 Å². The number of furan rings is 1. The Balaban J connectivity index is 1.49. The monoisotopic (exact) mass is 436 g/mol. The third-order valence-electron chi connectivity index (χ3n) is 4.91. The molecule has 1 aromatic heterocycles. The zero-order valence-corrected chi connectivity index (χ0v) is 16.9. The standard InChI is InChI=1S/C22H20N4O6/c27-21(15-6-7-18(19(13-15)26(29)30)25-8-11-31-12-9-25)23-16-3-1-4-17(14-16)24-22(28)20-5-2-10-32-20/h1-7,10,13-14H,8-9,11-12H2,(H,23,27)(H,24,28). The van der Waals surface area contributed by atoms with E-state index in [0.717, 1.165) is 0 Å². The first-order valence-corrected chi connectivity index (χ1v) is 9.88. The number of benzene rings is 2. The average molecular weight is 436 g/mol. The predicted octanol–water partition coefficient (Wildman–Crippen LogP) is 3.53. The van der Waals surface area contributed by atoms with Crippen LogP contribution in [0.3, 0.4) is 0 Å². The van der Waals surface area contributed by atoms with Gasteiger partial charge in [-0.3, -0.25) is 19.7 Å². The van der Waals surface area contributed by atoms with Crippen molar-refractivity contribution in [3.63, 3.8) is 0 Å². The summed E-state index contributed by atoms with van der Waals surface area (Å²) in [6.07, 6.45) is 1.40. The minimum Gasteiger partial charge on any atom is -0.459 e. The molecule has 0 spiro atoms. The lowest BCUT2D eigenvalue weighted by atomic mass is 10.1. The number of nitrogens with one attached hydrogen (secondary N) is 2. The van der Waals surface area contributed by atoms with Crippen LogP contribution in [0.4, 0.5) is 22.7 Å². The molecule has 2 aromatic carbocycles. The van der Waals surface area contributed by atoms with Gasteiger partial charge in [-0.05, 0) is 42.5 Å². The molecular weight excluding hydrogens is 416 g/mol. The van der Waals surface area contributed by atoms with Gasteiger partial charge in [-0.25, -0.2) is 0 Å². The second kappa shape index (κ2) is 9.31. The van der Waals surface area contributed by atoms with Crippen LogP contribution in [0.15, 0.2) is 65.3 Å². The minimum atomic E-state index is -0.504. The zero-order chi connectivity index (χ0) is 22.5. The first kappa shape index (κ1) is 21.1. The predicted molar refractivity (Wildman–Crippen MR) is 117 cm³/mol. The number of ether oxygens (including phenoxy) is 1. The lowest BCUT2D eigenvalue weighted by Gasteiger charge is -2.28. The molecule has 10 heteroatoms. The van der Waals surface area contributed by atoms with Crippen molar-refractivity contribution >= 4 is 34.6 Å². The van der Waals surface area contributed by atoms with Gasteiger partial charge in [-0.15, -0.1) is 0 Å². The van der Waals surface area contributed by atoms with E-state index in [1.807, 2.05) is 4.90 Å². The van der Waals surface area contributed by atoms with E-state index in [1.165, 1.54) is 18.4 Å². The summed E-state index contributed by atoms with van der Waals surface area (Å²) in [5.74, 6) is -0.768. The summed E-state index contributed by atoms with van der Waals surface area (Å²) < 4.78 is 10.4. The topological polar surface area (TPSA) is 127 Å². The fraction of sp³-hybridized carbons (Fsp3) is 0.182. The summed E-state index contributed by atoms with van der Waals surface area (Å²) in [5.41, 5.74) is 1.35. The van der Waals surface area contributed by atoms with Crippen molar-refractivity contribution in [2.75, 3.05) is 41.8 Å². The molecule has 0 radical (unpaired) electrons. The van der Waals surface area contributed by atoms with Gasteiger partial charge in [0.05, 0.1) is 24.4 Å². The second-order valence-corrected chi connectivity index (χ2v) is 7.03. The Bertz CT molecular complexity index is 1140. The number of carbonyl (C=O) groups excluding carboxylic acids is 2. The van der Waals surface area contributed by atoms with Crippen molar-refractivity contribution in [1.29, 1.82) is 0 Å². The van der Waals surface area contributed by atoms with E-state index in [-0.39, 0.29) is 17.0 Å². The van der Waals surface area contributed by atoms with Gasteiger partial charge in [0.25, 0.3) is 17.5 Å². The molecule has 0 aliphatic carbocycles. The van der Waals surface area contributed by atoms with Gasteiger partial charge in [-0.1, -0.05) is 6.07 Å². The summed E-state index contributed by atoms with van der Waals surface area (Å²) in [6.45, 7) is 2.07. The Hall–Kier alpha value is -4.18. The summed E-state index contributed by atoms with van der Waals surface area (Å²) >= 11 is 0. The lowest BCUT2D eigenvalue weighted by Crippen LogP contribution is -2.36. The number of nitrogens with zero attached hydrogens (tertiary/aromatic N) is 2. The number of nitro benzene ring substituents is 1. The third kappa shape index (κ3) is 4.76. The number of morpholine rings is 1. The highest BCUT2D eigenvalue weighted by Gasteiger charge is 2.23. The SMILES string of the molecule is O=C(Nc1cccc(NC(=O)c2ccco2)c1)c1ccc(N2CCOCC2)c([N+](=O)[O-])c1. The molecule has 0 saturated carbocycles. The normalized spacial score (nSPS) is 13.4. The van der Waals surface area contributed by atoms with Crippen LogP contribution in [-0.4, -0.2) is 43.0 Å². The van der Waals surface area contributed by atoms with Crippen molar-refractivity contribution in [1.82, 2.24) is 0 Å². The molecule has 3 aromatic rings. The maximum Gasteiger partial charge on any atom is 0.293 e. The van der Waals surface area contributed by atoms with E-state index >= 15 is 0 Å². The molecule has 1 aliphatic rings. The largest absolute Gasteiger partial charge is 0.459 e. The van der Waals surface area contributed by atoms with Gasteiger partial charge in [0.15, 0.2) is 5.76 Å². The average Bonchev–Trinajstić information content (AvgIpc) is 3.35. The second-order valence-electron chi connectivity index (χ2n) is 7.03. The van der Waals surface area contributed by atoms with Crippen LogP contribution in [-0.2, 0) is 4.74 Å². The van der Waals surface area contributed by atoms with Crippen molar-refractivity contribution < 1.29 is 23.7 Å². The van der Waals surface area contributed by atoms with Crippen LogP contribution in [0.5, 0.6) is 0 Å². The van der Waals surface area contributed by atoms with Crippen LogP contribution in [0.2, 0.25) is 0 Å². The number of hydrogen-bond donors (Lipinski definition) is 2. The number of hydrogen-bond acceptors (Lipinski definition) is 7. The highest BCUT2D eigenvalue weighted by Crippen LogP contribution is 2.30. The number of nitro groups is 1. The number of carbonyl (C=O) groups is 2. The minimum absolute atomic E-state index is 0.140. The first-order valence-electron chi connectivity index (χ1n) is 9.88. The van der Waals surface area contributed by atoms with E-state index in [4.69, 9.17) is 9.15 Å². The molecule has 0 unspecified atom stereocenters. The Morgan fingerprint density at radius 3 is 2.31 bits per heavy atom. The molecule has 1 aliphatic heterocycles. The third-order valence-corrected chi connectivity index (χ3v) is 4.91. The van der Waals surface area contributed by atoms with E-state index in [2.05, 4.69) is 10.6 Å². The number of anilines is 3. The van der Waals surface area contributed by atoms with Crippen molar-refractivity contribution in [3.8, 4) is 0 Å². The van der Waals surface area contributed by atoms with Crippen molar-refractivity contribution in [2.24, 2.45) is 0 Å². The molecule has 1 fully saturated rings. The smallest absolute Gasteiger partial charge is 0.293 e. The van der Waals surface area contributed by atoms with E-state index in [1.54, 1.807) is 42.5 Å². The molecule has 0 atom stereocenters. The molecule has 4 rings (SSSR count). The van der Waals surface area contributed by atoms with Gasteiger partial charge in [0.1, 0.15) is 5.69 Å². The van der Waals surface area contributed by atoms with Crippen molar-refractivity contribution in [2.45, 2.75) is 0 Å². The maximum absolute atomic E-state index is 12.7. The van der Waals surface area contributed by atoms with Crippen LogP contribution in [0, 0.1) is 10.1 Å². The molecule has 1 saturated heterocycles. The Morgan fingerprint density at radius 1 is 0.938 bits per heavy atom. The maximum atomic E-state index is 12.7. The van der Waals surface area contributed by atoms with Gasteiger partial charge >= 0.3 is 0 Å². The Labute approximate surface area is 182 Å². The lowest BCUT2D eigenvalue weighted by molar-refractivity contribution is -0.384. The van der Waals surface area contributed by atoms with Crippen LogP contribution >= 0.6 is 0 Å². The molecule has 2 heterocycles. The Kier molecular flexibility index (Phi) is 6.13. The van der Waals surface area contributed by atoms with Crippen molar-refractivity contribution in [3.05, 3.63) is 82.3 Å². The number of rotatable bonds is 6. The first-order chi connectivity index (χ1) is 15.5. The van der Waals surface area contributed by atoms with Crippen LogP contribution in [0.1, 0.15) is 20.9 Å². The summed E-state index contributed by atoms with van der Waals surface area (Å²) in [6, 6.07) is 14.1. The highest BCUT2D eigenvalue weighted by atomic mass is 16.6. The Morgan fingerprint density at radius 2 is 1.66 bits per heavy atom. The molecule has 10 nitrogen and oxygen atoms in total.